The number of nitrogens with one attached hydrogen (secondary N) is 1. The van der Waals surface area contributed by atoms with Crippen LogP contribution in [0.25, 0.3) is 0 Å². The van der Waals surface area contributed by atoms with Crippen molar-refractivity contribution in [3.05, 3.63) is 0 Å². The summed E-state index contributed by atoms with van der Waals surface area (Å²) in [6.45, 7) is 9.22. The van der Waals surface area contributed by atoms with E-state index in [2.05, 4.69) is 38.7 Å². The zero-order chi connectivity index (χ0) is 12.4. The fourth-order valence-electron chi connectivity index (χ4n) is 1.66. The molecule has 0 saturated carbocycles. The lowest BCUT2D eigenvalue weighted by atomic mass is 9.97. The van der Waals surface area contributed by atoms with E-state index in [0.29, 0.717) is 17.9 Å². The predicted molar refractivity (Wildman–Crippen MR) is 75.2 cm³/mol. The average molecular weight is 247 g/mol. The molecule has 0 unspecified atom stereocenters. The van der Waals surface area contributed by atoms with Crippen LogP contribution in [-0.4, -0.2) is 30.6 Å². The largest absolute Gasteiger partial charge is 0.396 e. The number of aliphatic hydroxyl groups is 1. The molecule has 0 saturated heterocycles. The fraction of sp³-hybridized carbons (Fsp3) is 1.00. The zero-order valence-electron chi connectivity index (χ0n) is 11.1. The van der Waals surface area contributed by atoms with Gasteiger partial charge in [-0.1, -0.05) is 27.2 Å². The van der Waals surface area contributed by atoms with Gasteiger partial charge in [0.05, 0.1) is 0 Å². The third-order valence-corrected chi connectivity index (χ3v) is 2.93. The first-order chi connectivity index (χ1) is 7.49. The number of hydrogen-bond donors (Lipinski definition) is 3. The number of aliphatic hydroxyl groups excluding tert-OH is 1. The number of rotatable bonds is 9. The van der Waals surface area contributed by atoms with Gasteiger partial charge in [0, 0.05) is 6.61 Å². The molecule has 0 rings (SSSR count). The summed E-state index contributed by atoms with van der Waals surface area (Å²) in [6.07, 6.45) is 4.58. The molecule has 0 radical (unpaired) electrons. The molecule has 2 nitrogen and oxygen atoms in total. The summed E-state index contributed by atoms with van der Waals surface area (Å²) in [5.41, 5.74) is 0.375. The standard InChI is InChI=1S/C13H29NOS/c1-13(2,3)11-14-8-5-4-6-12(10-15)7-9-16/h12,14-16H,4-11H2,1-3H3/t12-/m1/s1. The van der Waals surface area contributed by atoms with Crippen molar-refractivity contribution in [3.63, 3.8) is 0 Å². The normalized spacial score (nSPS) is 14.1. The summed E-state index contributed by atoms with van der Waals surface area (Å²) in [4.78, 5) is 0. The third-order valence-electron chi connectivity index (χ3n) is 2.67. The molecule has 16 heavy (non-hydrogen) atoms. The molecule has 2 N–H and O–H groups in total. The Labute approximate surface area is 107 Å². The molecule has 0 heterocycles. The van der Waals surface area contributed by atoms with Gasteiger partial charge in [-0.3, -0.25) is 0 Å². The van der Waals surface area contributed by atoms with Gasteiger partial charge in [0.1, 0.15) is 0 Å². The minimum Gasteiger partial charge on any atom is -0.396 e. The molecule has 0 aromatic heterocycles. The van der Waals surface area contributed by atoms with Crippen LogP contribution in [0.15, 0.2) is 0 Å². The minimum atomic E-state index is 0.315. The van der Waals surface area contributed by atoms with Gasteiger partial charge < -0.3 is 10.4 Å². The quantitative estimate of drug-likeness (QED) is 0.432. The summed E-state index contributed by atoms with van der Waals surface area (Å²) in [7, 11) is 0. The maximum Gasteiger partial charge on any atom is 0.0459 e. The van der Waals surface area contributed by atoms with Crippen molar-refractivity contribution in [1.29, 1.82) is 0 Å². The highest BCUT2D eigenvalue weighted by Crippen LogP contribution is 2.13. The van der Waals surface area contributed by atoms with E-state index in [1.165, 1.54) is 12.8 Å². The Hall–Kier alpha value is 0.270. The van der Waals surface area contributed by atoms with E-state index < -0.39 is 0 Å². The molecule has 0 fully saturated rings. The van der Waals surface area contributed by atoms with Gasteiger partial charge in [0.15, 0.2) is 0 Å². The van der Waals surface area contributed by atoms with E-state index in [-0.39, 0.29) is 0 Å². The van der Waals surface area contributed by atoms with E-state index in [0.717, 1.165) is 31.7 Å². The lowest BCUT2D eigenvalue weighted by Gasteiger charge is -2.19. The zero-order valence-corrected chi connectivity index (χ0v) is 12.0. The van der Waals surface area contributed by atoms with Crippen LogP contribution in [0, 0.1) is 11.3 Å². The Morgan fingerprint density at radius 3 is 2.38 bits per heavy atom. The van der Waals surface area contributed by atoms with E-state index in [1.807, 2.05) is 0 Å². The first-order valence-corrected chi connectivity index (χ1v) is 7.05. The van der Waals surface area contributed by atoms with Crippen LogP contribution in [0.4, 0.5) is 0 Å². The van der Waals surface area contributed by atoms with Gasteiger partial charge in [-0.2, -0.15) is 12.6 Å². The molecule has 0 aromatic rings. The van der Waals surface area contributed by atoms with Crippen molar-refractivity contribution >= 4 is 12.6 Å². The molecule has 0 aliphatic carbocycles. The first-order valence-electron chi connectivity index (χ1n) is 6.42. The minimum absolute atomic E-state index is 0.315. The molecule has 0 aromatic carbocycles. The summed E-state index contributed by atoms with van der Waals surface area (Å²) in [5.74, 6) is 1.34. The predicted octanol–water partition coefficient (Wildman–Crippen LogP) is 2.72. The Morgan fingerprint density at radius 1 is 1.19 bits per heavy atom. The molecule has 3 heteroatoms. The lowest BCUT2D eigenvalue weighted by molar-refractivity contribution is 0.212. The van der Waals surface area contributed by atoms with Crippen molar-refractivity contribution in [3.8, 4) is 0 Å². The number of hydrogen-bond acceptors (Lipinski definition) is 3. The Kier molecular flexibility index (Phi) is 9.47. The molecule has 0 amide bonds. The van der Waals surface area contributed by atoms with Crippen molar-refractivity contribution in [2.24, 2.45) is 11.3 Å². The van der Waals surface area contributed by atoms with Crippen LogP contribution in [0.5, 0.6) is 0 Å². The maximum absolute atomic E-state index is 9.12. The van der Waals surface area contributed by atoms with Gasteiger partial charge in [0.25, 0.3) is 0 Å². The fourth-order valence-corrected chi connectivity index (χ4v) is 2.02. The van der Waals surface area contributed by atoms with Crippen LogP contribution >= 0.6 is 12.6 Å². The van der Waals surface area contributed by atoms with Crippen molar-refractivity contribution in [1.82, 2.24) is 5.32 Å². The summed E-state index contributed by atoms with van der Waals surface area (Å²) >= 11 is 4.20. The molecular weight excluding hydrogens is 218 g/mol. The van der Waals surface area contributed by atoms with Gasteiger partial charge >= 0.3 is 0 Å². The van der Waals surface area contributed by atoms with Crippen LogP contribution in [0.3, 0.4) is 0 Å². The molecule has 0 aliphatic heterocycles. The highest BCUT2D eigenvalue weighted by atomic mass is 32.1. The second-order valence-corrected chi connectivity index (χ2v) is 6.24. The number of unbranched alkanes of at least 4 members (excludes halogenated alkanes) is 1. The molecule has 0 aliphatic rings. The molecule has 98 valence electrons. The van der Waals surface area contributed by atoms with Gasteiger partial charge in [-0.25, -0.2) is 0 Å². The van der Waals surface area contributed by atoms with E-state index in [9.17, 15) is 0 Å². The lowest BCUT2D eigenvalue weighted by Crippen LogP contribution is -2.27. The Balaban J connectivity index is 3.32. The maximum atomic E-state index is 9.12. The van der Waals surface area contributed by atoms with Gasteiger partial charge in [-0.15, -0.1) is 0 Å². The van der Waals surface area contributed by atoms with E-state index in [1.54, 1.807) is 0 Å². The third kappa shape index (κ3) is 10.8. The summed E-state index contributed by atoms with van der Waals surface area (Å²) in [5, 5.41) is 12.6. The van der Waals surface area contributed by atoms with Crippen molar-refractivity contribution in [2.75, 3.05) is 25.4 Å². The highest BCUT2D eigenvalue weighted by Gasteiger charge is 2.09. The van der Waals surface area contributed by atoms with Crippen LogP contribution in [0.2, 0.25) is 0 Å². The summed E-state index contributed by atoms with van der Waals surface area (Å²) in [6, 6.07) is 0. The summed E-state index contributed by atoms with van der Waals surface area (Å²) < 4.78 is 0. The molecule has 1 atom stereocenters. The van der Waals surface area contributed by atoms with Gasteiger partial charge in [0.2, 0.25) is 0 Å². The van der Waals surface area contributed by atoms with Crippen LogP contribution in [0.1, 0.15) is 46.5 Å². The van der Waals surface area contributed by atoms with Crippen LogP contribution in [-0.2, 0) is 0 Å². The van der Waals surface area contributed by atoms with E-state index in [4.69, 9.17) is 5.11 Å². The second kappa shape index (κ2) is 9.32. The monoisotopic (exact) mass is 247 g/mol. The molecular formula is C13H29NOS. The van der Waals surface area contributed by atoms with Crippen LogP contribution < -0.4 is 5.32 Å². The SMILES string of the molecule is CC(C)(C)CNCCCC[C@@H](CO)CCS. The van der Waals surface area contributed by atoms with Crippen molar-refractivity contribution in [2.45, 2.75) is 46.5 Å². The highest BCUT2D eigenvalue weighted by molar-refractivity contribution is 7.80. The molecule has 0 spiro atoms. The van der Waals surface area contributed by atoms with Gasteiger partial charge in [-0.05, 0) is 49.4 Å². The molecule has 0 bridgehead atoms. The Bertz CT molecular complexity index is 157. The Morgan fingerprint density at radius 2 is 1.88 bits per heavy atom. The average Bonchev–Trinajstić information content (AvgIpc) is 2.20. The topological polar surface area (TPSA) is 32.3 Å². The smallest absolute Gasteiger partial charge is 0.0459 e. The van der Waals surface area contributed by atoms with E-state index >= 15 is 0 Å². The first kappa shape index (κ1) is 16.3. The number of thiol groups is 1. The second-order valence-electron chi connectivity index (χ2n) is 5.79. The van der Waals surface area contributed by atoms with Crippen molar-refractivity contribution < 1.29 is 5.11 Å².